The first-order chi connectivity index (χ1) is 6.97. The third-order valence-corrected chi connectivity index (χ3v) is 2.51. The van der Waals surface area contributed by atoms with Gasteiger partial charge in [-0.15, -0.1) is 0 Å². The molecule has 0 radical (unpaired) electrons. The molecule has 0 heterocycles. The van der Waals surface area contributed by atoms with Crippen LogP contribution in [0.25, 0.3) is 0 Å². The summed E-state index contributed by atoms with van der Waals surface area (Å²) in [6, 6.07) is 2.89. The summed E-state index contributed by atoms with van der Waals surface area (Å²) >= 11 is 11.6. The van der Waals surface area contributed by atoms with E-state index in [0.29, 0.717) is 5.56 Å². The Labute approximate surface area is 97.5 Å². The molecular weight excluding hydrogens is 239 g/mol. The molecule has 0 aliphatic heterocycles. The average molecular weight is 249 g/mol. The van der Waals surface area contributed by atoms with Gasteiger partial charge in [0, 0.05) is 12.6 Å². The first-order valence-electron chi connectivity index (χ1n) is 4.04. The molecule has 0 saturated carbocycles. The van der Waals surface area contributed by atoms with Gasteiger partial charge in [0.25, 0.3) is 5.91 Å². The van der Waals surface area contributed by atoms with Crippen molar-refractivity contribution in [2.75, 3.05) is 19.9 Å². The molecule has 4 nitrogen and oxygen atoms in total. The Morgan fingerprint density at radius 3 is 2.27 bits per heavy atom. The molecule has 1 rings (SSSR count). The van der Waals surface area contributed by atoms with Crippen molar-refractivity contribution in [1.29, 1.82) is 0 Å². The van der Waals surface area contributed by atoms with Crippen molar-refractivity contribution in [1.82, 2.24) is 5.06 Å². The molecule has 1 aromatic rings. The van der Waals surface area contributed by atoms with Crippen LogP contribution in [0.4, 0.5) is 5.69 Å². The molecule has 0 atom stereocenters. The minimum absolute atomic E-state index is 0.246. The second-order valence-corrected chi connectivity index (χ2v) is 3.65. The molecule has 15 heavy (non-hydrogen) atoms. The van der Waals surface area contributed by atoms with Crippen LogP contribution >= 0.6 is 23.2 Å². The van der Waals surface area contributed by atoms with Crippen LogP contribution < -0.4 is 5.73 Å². The van der Waals surface area contributed by atoms with Gasteiger partial charge in [-0.3, -0.25) is 9.63 Å². The zero-order valence-corrected chi connectivity index (χ0v) is 9.76. The average Bonchev–Trinajstić information content (AvgIpc) is 2.23. The highest BCUT2D eigenvalue weighted by atomic mass is 35.5. The Hall–Kier alpha value is -0.970. The van der Waals surface area contributed by atoms with Crippen LogP contribution in [0, 0.1) is 0 Å². The Morgan fingerprint density at radius 2 is 1.87 bits per heavy atom. The topological polar surface area (TPSA) is 55.6 Å². The molecule has 1 amide bonds. The summed E-state index contributed by atoms with van der Waals surface area (Å²) < 4.78 is 0. The van der Waals surface area contributed by atoms with Gasteiger partial charge in [0.1, 0.15) is 0 Å². The molecule has 1 aromatic carbocycles. The lowest BCUT2D eigenvalue weighted by atomic mass is 10.2. The van der Waals surface area contributed by atoms with E-state index in [-0.39, 0.29) is 21.6 Å². The van der Waals surface area contributed by atoms with Crippen molar-refractivity contribution >= 4 is 34.8 Å². The number of benzene rings is 1. The predicted octanol–water partition coefficient (Wildman–Crippen LogP) is 2.21. The van der Waals surface area contributed by atoms with Crippen molar-refractivity contribution < 1.29 is 9.63 Å². The van der Waals surface area contributed by atoms with E-state index >= 15 is 0 Å². The summed E-state index contributed by atoms with van der Waals surface area (Å²) in [6.45, 7) is 0. The number of hydrogen-bond donors (Lipinski definition) is 1. The van der Waals surface area contributed by atoms with Gasteiger partial charge < -0.3 is 5.73 Å². The first-order valence-corrected chi connectivity index (χ1v) is 4.79. The van der Waals surface area contributed by atoms with Gasteiger partial charge in [0.2, 0.25) is 0 Å². The van der Waals surface area contributed by atoms with E-state index in [4.69, 9.17) is 33.8 Å². The van der Waals surface area contributed by atoms with E-state index < -0.39 is 0 Å². The molecule has 0 aliphatic rings. The van der Waals surface area contributed by atoms with Crippen LogP contribution in [0.5, 0.6) is 0 Å². The summed E-state index contributed by atoms with van der Waals surface area (Å²) in [4.78, 5) is 16.4. The summed E-state index contributed by atoms with van der Waals surface area (Å²) in [5, 5.41) is 1.56. The van der Waals surface area contributed by atoms with Crippen LogP contribution in [0.15, 0.2) is 12.1 Å². The number of halogens is 2. The fourth-order valence-electron chi connectivity index (χ4n) is 0.972. The van der Waals surface area contributed by atoms with Crippen molar-refractivity contribution in [2.45, 2.75) is 0 Å². The minimum Gasteiger partial charge on any atom is -0.396 e. The Kier molecular flexibility index (Phi) is 3.79. The molecule has 0 bridgehead atoms. The molecule has 6 heteroatoms. The quantitative estimate of drug-likeness (QED) is 0.645. The smallest absolute Gasteiger partial charge is 0.277 e. The molecule has 82 valence electrons. The molecule has 0 fully saturated rings. The standard InChI is InChI=1S/C9H10Cl2N2O2/c1-13(15-2)9(14)5-3-6(10)8(12)7(11)4-5/h3-4H,12H2,1-2H3. The first kappa shape index (κ1) is 12.1. The summed E-state index contributed by atoms with van der Waals surface area (Å²) in [6.07, 6.45) is 0. The molecule has 0 saturated heterocycles. The highest BCUT2D eigenvalue weighted by Gasteiger charge is 2.14. The van der Waals surface area contributed by atoms with Crippen molar-refractivity contribution in [3.8, 4) is 0 Å². The van der Waals surface area contributed by atoms with Gasteiger partial charge in [0.05, 0.1) is 22.8 Å². The van der Waals surface area contributed by atoms with E-state index in [1.165, 1.54) is 26.3 Å². The number of nitrogens with zero attached hydrogens (tertiary/aromatic N) is 1. The zero-order valence-electron chi connectivity index (χ0n) is 8.25. The molecule has 0 unspecified atom stereocenters. The fourth-order valence-corrected chi connectivity index (χ4v) is 1.46. The van der Waals surface area contributed by atoms with Gasteiger partial charge in [0.15, 0.2) is 0 Å². The highest BCUT2D eigenvalue weighted by Crippen LogP contribution is 2.29. The van der Waals surface area contributed by atoms with Crippen molar-refractivity contribution in [3.63, 3.8) is 0 Å². The number of anilines is 1. The molecule has 2 N–H and O–H groups in total. The monoisotopic (exact) mass is 248 g/mol. The largest absolute Gasteiger partial charge is 0.396 e. The van der Waals surface area contributed by atoms with E-state index in [1.54, 1.807) is 0 Å². The van der Waals surface area contributed by atoms with Crippen LogP contribution in [0.3, 0.4) is 0 Å². The number of rotatable bonds is 2. The highest BCUT2D eigenvalue weighted by molar-refractivity contribution is 6.39. The number of carbonyl (C=O) groups is 1. The van der Waals surface area contributed by atoms with E-state index in [1.807, 2.05) is 0 Å². The number of carbonyl (C=O) groups excluding carboxylic acids is 1. The Bertz CT molecular complexity index is 373. The molecule has 0 spiro atoms. The van der Waals surface area contributed by atoms with Crippen molar-refractivity contribution in [3.05, 3.63) is 27.7 Å². The number of nitrogen functional groups attached to an aromatic ring is 1. The zero-order chi connectivity index (χ0) is 11.6. The van der Waals surface area contributed by atoms with E-state index in [0.717, 1.165) is 5.06 Å². The second-order valence-electron chi connectivity index (χ2n) is 2.84. The maximum absolute atomic E-state index is 11.6. The fraction of sp³-hybridized carbons (Fsp3) is 0.222. The van der Waals surface area contributed by atoms with Crippen LogP contribution in [0.2, 0.25) is 10.0 Å². The van der Waals surface area contributed by atoms with Crippen LogP contribution in [-0.2, 0) is 4.84 Å². The predicted molar refractivity (Wildman–Crippen MR) is 60.0 cm³/mol. The SMILES string of the molecule is CON(C)C(=O)c1cc(Cl)c(N)c(Cl)c1. The number of hydroxylamine groups is 2. The van der Waals surface area contributed by atoms with Gasteiger partial charge in [-0.1, -0.05) is 23.2 Å². The summed E-state index contributed by atoms with van der Waals surface area (Å²) in [5.74, 6) is -0.346. The number of hydrogen-bond acceptors (Lipinski definition) is 3. The molecule has 0 aliphatic carbocycles. The van der Waals surface area contributed by atoms with Gasteiger partial charge in [-0.2, -0.15) is 0 Å². The maximum atomic E-state index is 11.6. The van der Waals surface area contributed by atoms with Gasteiger partial charge in [-0.05, 0) is 12.1 Å². The van der Waals surface area contributed by atoms with Crippen LogP contribution in [0.1, 0.15) is 10.4 Å². The minimum atomic E-state index is -0.346. The second kappa shape index (κ2) is 4.70. The number of amides is 1. The van der Waals surface area contributed by atoms with Crippen molar-refractivity contribution in [2.24, 2.45) is 0 Å². The maximum Gasteiger partial charge on any atom is 0.277 e. The van der Waals surface area contributed by atoms with Gasteiger partial charge >= 0.3 is 0 Å². The third kappa shape index (κ3) is 2.53. The van der Waals surface area contributed by atoms with Gasteiger partial charge in [-0.25, -0.2) is 5.06 Å². The van der Waals surface area contributed by atoms with E-state index in [9.17, 15) is 4.79 Å². The normalized spacial score (nSPS) is 10.1. The lowest BCUT2D eigenvalue weighted by Gasteiger charge is -2.14. The Morgan fingerprint density at radius 1 is 1.40 bits per heavy atom. The Balaban J connectivity index is 3.12. The summed E-state index contributed by atoms with van der Waals surface area (Å²) in [5.41, 5.74) is 6.12. The van der Waals surface area contributed by atoms with E-state index in [2.05, 4.69) is 0 Å². The third-order valence-electron chi connectivity index (χ3n) is 1.89. The molecule has 0 aromatic heterocycles. The lowest BCUT2D eigenvalue weighted by Crippen LogP contribution is -2.25. The lowest BCUT2D eigenvalue weighted by molar-refractivity contribution is -0.0756. The molecular formula is C9H10Cl2N2O2. The number of nitrogens with two attached hydrogens (primary N) is 1. The summed E-state index contributed by atoms with van der Waals surface area (Å²) in [7, 11) is 2.87. The van der Waals surface area contributed by atoms with Crippen LogP contribution in [-0.4, -0.2) is 25.1 Å².